The lowest BCUT2D eigenvalue weighted by Crippen LogP contribution is -2.04. The van der Waals surface area contributed by atoms with Gasteiger partial charge in [-0.3, -0.25) is 4.68 Å². The molecule has 0 amide bonds. The van der Waals surface area contributed by atoms with E-state index in [1.54, 1.807) is 10.9 Å². The Kier molecular flexibility index (Phi) is 4.11. The first kappa shape index (κ1) is 13.5. The van der Waals surface area contributed by atoms with Gasteiger partial charge in [-0.05, 0) is 37.6 Å². The lowest BCUT2D eigenvalue weighted by Gasteiger charge is -2.08. The van der Waals surface area contributed by atoms with E-state index in [4.69, 9.17) is 10.5 Å². The number of ether oxygens (including phenoxy) is 1. The van der Waals surface area contributed by atoms with E-state index < -0.39 is 17.4 Å². The SMILES string of the molecule is CCn1cc(Oc2c(F)cc(CCN)cc2F)cn1. The topological polar surface area (TPSA) is 53.1 Å². The van der Waals surface area contributed by atoms with E-state index in [1.807, 2.05) is 6.92 Å². The zero-order valence-corrected chi connectivity index (χ0v) is 10.6. The Labute approximate surface area is 109 Å². The molecule has 1 heterocycles. The number of aryl methyl sites for hydroxylation is 1. The standard InChI is InChI=1S/C13H15F2N3O/c1-2-18-8-10(7-17-18)19-13-11(14)5-9(3-4-16)6-12(13)15/h5-8H,2-4,16H2,1H3. The van der Waals surface area contributed by atoms with Crippen LogP contribution in [0.4, 0.5) is 8.78 Å². The zero-order chi connectivity index (χ0) is 13.8. The summed E-state index contributed by atoms with van der Waals surface area (Å²) < 4.78 is 34.3. The number of hydrogen-bond acceptors (Lipinski definition) is 3. The molecule has 1 aromatic heterocycles. The number of nitrogens with zero attached hydrogens (tertiary/aromatic N) is 2. The molecule has 19 heavy (non-hydrogen) atoms. The van der Waals surface area contributed by atoms with Crippen molar-refractivity contribution in [2.45, 2.75) is 19.9 Å². The van der Waals surface area contributed by atoms with E-state index in [9.17, 15) is 8.78 Å². The second-order valence-electron chi connectivity index (χ2n) is 4.06. The second-order valence-corrected chi connectivity index (χ2v) is 4.06. The molecule has 0 saturated heterocycles. The van der Waals surface area contributed by atoms with Crippen LogP contribution in [0.1, 0.15) is 12.5 Å². The molecule has 0 bridgehead atoms. The number of aromatic nitrogens is 2. The summed E-state index contributed by atoms with van der Waals surface area (Å²) in [7, 11) is 0. The van der Waals surface area contributed by atoms with E-state index in [0.717, 1.165) is 0 Å². The van der Waals surface area contributed by atoms with Crippen LogP contribution in [-0.2, 0) is 13.0 Å². The van der Waals surface area contributed by atoms with Crippen molar-refractivity contribution in [1.29, 1.82) is 0 Å². The maximum absolute atomic E-state index is 13.8. The minimum atomic E-state index is -0.743. The summed E-state index contributed by atoms with van der Waals surface area (Å²) >= 11 is 0. The van der Waals surface area contributed by atoms with Crippen molar-refractivity contribution in [3.63, 3.8) is 0 Å². The quantitative estimate of drug-likeness (QED) is 0.905. The van der Waals surface area contributed by atoms with Crippen molar-refractivity contribution in [1.82, 2.24) is 9.78 Å². The van der Waals surface area contributed by atoms with Crippen LogP contribution in [-0.4, -0.2) is 16.3 Å². The van der Waals surface area contributed by atoms with Crippen LogP contribution in [0.25, 0.3) is 0 Å². The highest BCUT2D eigenvalue weighted by atomic mass is 19.1. The first-order valence-electron chi connectivity index (χ1n) is 6.02. The molecule has 1 aromatic carbocycles. The Morgan fingerprint density at radius 2 is 2.00 bits per heavy atom. The van der Waals surface area contributed by atoms with Gasteiger partial charge in [-0.2, -0.15) is 5.10 Å². The predicted molar refractivity (Wildman–Crippen MR) is 67.1 cm³/mol. The number of nitrogens with two attached hydrogens (primary N) is 1. The van der Waals surface area contributed by atoms with Gasteiger partial charge in [-0.25, -0.2) is 8.78 Å². The third-order valence-electron chi connectivity index (χ3n) is 2.64. The Morgan fingerprint density at radius 3 is 2.53 bits per heavy atom. The van der Waals surface area contributed by atoms with Crippen LogP contribution in [0, 0.1) is 11.6 Å². The Balaban J connectivity index is 2.24. The highest BCUT2D eigenvalue weighted by molar-refractivity contribution is 5.34. The van der Waals surface area contributed by atoms with E-state index in [1.165, 1.54) is 18.3 Å². The summed E-state index contributed by atoms with van der Waals surface area (Å²) in [4.78, 5) is 0. The molecule has 0 saturated carbocycles. The maximum atomic E-state index is 13.8. The molecular formula is C13H15F2N3O. The van der Waals surface area contributed by atoms with Crippen molar-refractivity contribution >= 4 is 0 Å². The van der Waals surface area contributed by atoms with Crippen molar-refractivity contribution in [2.75, 3.05) is 6.54 Å². The van der Waals surface area contributed by atoms with Gasteiger partial charge in [0, 0.05) is 6.54 Å². The van der Waals surface area contributed by atoms with Crippen LogP contribution in [0.15, 0.2) is 24.5 Å². The Morgan fingerprint density at radius 1 is 1.32 bits per heavy atom. The van der Waals surface area contributed by atoms with Crippen LogP contribution >= 0.6 is 0 Å². The molecular weight excluding hydrogens is 252 g/mol. The fourth-order valence-electron chi connectivity index (χ4n) is 1.71. The van der Waals surface area contributed by atoms with Crippen molar-refractivity contribution in [2.24, 2.45) is 5.73 Å². The van der Waals surface area contributed by atoms with Gasteiger partial charge in [0.2, 0.25) is 0 Å². The van der Waals surface area contributed by atoms with Gasteiger partial charge in [0.1, 0.15) is 0 Å². The molecule has 0 unspecified atom stereocenters. The van der Waals surface area contributed by atoms with Gasteiger partial charge >= 0.3 is 0 Å². The van der Waals surface area contributed by atoms with Crippen molar-refractivity contribution < 1.29 is 13.5 Å². The average molecular weight is 267 g/mol. The molecule has 0 spiro atoms. The van der Waals surface area contributed by atoms with E-state index in [0.29, 0.717) is 30.8 Å². The molecule has 0 aliphatic rings. The normalized spacial score (nSPS) is 10.7. The summed E-state index contributed by atoms with van der Waals surface area (Å²) in [6.07, 6.45) is 3.41. The minimum Gasteiger partial charge on any atom is -0.448 e. The van der Waals surface area contributed by atoms with E-state index in [2.05, 4.69) is 5.10 Å². The van der Waals surface area contributed by atoms with Crippen LogP contribution in [0.5, 0.6) is 11.5 Å². The summed E-state index contributed by atoms with van der Waals surface area (Å²) in [6, 6.07) is 2.46. The fourth-order valence-corrected chi connectivity index (χ4v) is 1.71. The molecule has 102 valence electrons. The van der Waals surface area contributed by atoms with Crippen LogP contribution in [0.3, 0.4) is 0 Å². The van der Waals surface area contributed by atoms with E-state index in [-0.39, 0.29) is 0 Å². The van der Waals surface area contributed by atoms with Crippen molar-refractivity contribution in [3.8, 4) is 11.5 Å². The molecule has 2 aromatic rings. The molecule has 0 aliphatic heterocycles. The van der Waals surface area contributed by atoms with Crippen LogP contribution in [0.2, 0.25) is 0 Å². The highest BCUT2D eigenvalue weighted by Crippen LogP contribution is 2.28. The summed E-state index contributed by atoms with van der Waals surface area (Å²) in [6.45, 7) is 2.89. The minimum absolute atomic E-state index is 0.297. The molecule has 0 fully saturated rings. The number of rotatable bonds is 5. The van der Waals surface area contributed by atoms with Crippen LogP contribution < -0.4 is 10.5 Å². The highest BCUT2D eigenvalue weighted by Gasteiger charge is 2.14. The summed E-state index contributed by atoms with van der Waals surface area (Å²) in [5.74, 6) is -1.61. The lowest BCUT2D eigenvalue weighted by molar-refractivity contribution is 0.406. The molecule has 2 rings (SSSR count). The molecule has 4 nitrogen and oxygen atoms in total. The lowest BCUT2D eigenvalue weighted by atomic mass is 10.1. The first-order valence-corrected chi connectivity index (χ1v) is 6.02. The Bertz CT molecular complexity index is 546. The average Bonchev–Trinajstić information content (AvgIpc) is 2.82. The largest absolute Gasteiger partial charge is 0.448 e. The third-order valence-corrected chi connectivity index (χ3v) is 2.64. The van der Waals surface area contributed by atoms with E-state index >= 15 is 0 Å². The smallest absolute Gasteiger partial charge is 0.198 e. The number of benzene rings is 1. The summed E-state index contributed by atoms with van der Waals surface area (Å²) in [5, 5.41) is 3.97. The second kappa shape index (κ2) is 5.79. The van der Waals surface area contributed by atoms with Crippen molar-refractivity contribution in [3.05, 3.63) is 41.7 Å². The summed E-state index contributed by atoms with van der Waals surface area (Å²) in [5.41, 5.74) is 5.86. The Hall–Kier alpha value is -1.95. The molecule has 2 N–H and O–H groups in total. The molecule has 0 atom stereocenters. The third kappa shape index (κ3) is 3.08. The monoisotopic (exact) mass is 267 g/mol. The predicted octanol–water partition coefficient (Wildman–Crippen LogP) is 2.47. The molecule has 0 aliphatic carbocycles. The van der Waals surface area contributed by atoms with Gasteiger partial charge in [-0.15, -0.1) is 0 Å². The number of halogens is 2. The van der Waals surface area contributed by atoms with Gasteiger partial charge < -0.3 is 10.5 Å². The van der Waals surface area contributed by atoms with Gasteiger partial charge in [0.25, 0.3) is 0 Å². The molecule has 6 heteroatoms. The zero-order valence-electron chi connectivity index (χ0n) is 10.6. The first-order chi connectivity index (χ1) is 9.13. The molecule has 0 radical (unpaired) electrons. The maximum Gasteiger partial charge on any atom is 0.198 e. The van der Waals surface area contributed by atoms with Gasteiger partial charge in [0.15, 0.2) is 23.1 Å². The van der Waals surface area contributed by atoms with Gasteiger partial charge in [-0.1, -0.05) is 0 Å². The fraction of sp³-hybridized carbons (Fsp3) is 0.308. The van der Waals surface area contributed by atoms with Gasteiger partial charge in [0.05, 0.1) is 12.4 Å². The number of hydrogen-bond donors (Lipinski definition) is 1.